The maximum absolute atomic E-state index is 14.0. The highest BCUT2D eigenvalue weighted by Gasteiger charge is 2.22. The molecule has 0 bridgehead atoms. The molecule has 0 saturated carbocycles. The quantitative estimate of drug-likeness (QED) is 0.386. The number of halogens is 3. The summed E-state index contributed by atoms with van der Waals surface area (Å²) in [7, 11) is 4.23. The summed E-state index contributed by atoms with van der Waals surface area (Å²) >= 11 is 0. The van der Waals surface area contributed by atoms with E-state index < -0.39 is 11.6 Å². The van der Waals surface area contributed by atoms with E-state index in [1.54, 1.807) is 0 Å². The summed E-state index contributed by atoms with van der Waals surface area (Å²) < 4.78 is 27.0. The van der Waals surface area contributed by atoms with Gasteiger partial charge in [0.25, 0.3) is 0 Å². The van der Waals surface area contributed by atoms with Crippen molar-refractivity contribution in [2.24, 2.45) is 4.99 Å². The minimum atomic E-state index is -0.571. The lowest BCUT2D eigenvalue weighted by molar-refractivity contribution is 0.119. The monoisotopic (exact) mass is 481 g/mol. The summed E-state index contributed by atoms with van der Waals surface area (Å²) in [5.74, 6) is -0.483. The van der Waals surface area contributed by atoms with Crippen molar-refractivity contribution in [1.29, 1.82) is 0 Å². The van der Waals surface area contributed by atoms with Crippen LogP contribution in [0.25, 0.3) is 0 Å². The second-order valence-corrected chi connectivity index (χ2v) is 6.65. The molecular formula is C18H30F2IN5. The van der Waals surface area contributed by atoms with E-state index in [0.717, 1.165) is 25.7 Å². The molecule has 0 spiro atoms. The maximum Gasteiger partial charge on any atom is 0.191 e. The third kappa shape index (κ3) is 6.62. The molecule has 0 aromatic heterocycles. The van der Waals surface area contributed by atoms with Crippen LogP contribution in [-0.4, -0.2) is 68.6 Å². The Labute approximate surface area is 172 Å². The summed E-state index contributed by atoms with van der Waals surface area (Å²) in [5.41, 5.74) is 0.418. The molecule has 2 N–H and O–H groups in total. The fourth-order valence-corrected chi connectivity index (χ4v) is 2.95. The van der Waals surface area contributed by atoms with Gasteiger partial charge in [-0.15, -0.1) is 24.0 Å². The summed E-state index contributed by atoms with van der Waals surface area (Å²) in [5, 5.41) is 6.39. The van der Waals surface area contributed by atoms with Gasteiger partial charge in [-0.3, -0.25) is 9.89 Å². The van der Waals surface area contributed by atoms with Gasteiger partial charge in [0, 0.05) is 43.9 Å². The van der Waals surface area contributed by atoms with Gasteiger partial charge in [0.1, 0.15) is 11.6 Å². The SMILES string of the molecule is CCNC(=NCC1CN(C)CCN1C)NC(C)c1ccc(F)cc1F.I. The van der Waals surface area contributed by atoms with E-state index in [9.17, 15) is 8.78 Å². The third-order valence-electron chi connectivity index (χ3n) is 4.57. The van der Waals surface area contributed by atoms with Crippen molar-refractivity contribution in [3.63, 3.8) is 0 Å². The number of nitrogens with zero attached hydrogens (tertiary/aromatic N) is 3. The molecule has 1 fully saturated rings. The van der Waals surface area contributed by atoms with Crippen LogP contribution in [0.4, 0.5) is 8.78 Å². The van der Waals surface area contributed by atoms with E-state index >= 15 is 0 Å². The number of benzene rings is 1. The van der Waals surface area contributed by atoms with Crippen LogP contribution < -0.4 is 10.6 Å². The topological polar surface area (TPSA) is 42.9 Å². The first-order valence-corrected chi connectivity index (χ1v) is 8.79. The fourth-order valence-electron chi connectivity index (χ4n) is 2.95. The Balaban J connectivity index is 0.00000338. The second kappa shape index (κ2) is 11.0. The first kappa shape index (κ1) is 23.0. The normalized spacial score (nSPS) is 20.4. The van der Waals surface area contributed by atoms with Crippen LogP contribution in [0.2, 0.25) is 0 Å². The molecule has 2 atom stereocenters. The van der Waals surface area contributed by atoms with E-state index in [4.69, 9.17) is 0 Å². The molecule has 1 aliphatic heterocycles. The number of hydrogen-bond donors (Lipinski definition) is 2. The Bertz CT molecular complexity index is 599. The third-order valence-corrected chi connectivity index (χ3v) is 4.57. The van der Waals surface area contributed by atoms with Gasteiger partial charge in [-0.1, -0.05) is 6.07 Å². The van der Waals surface area contributed by atoms with Crippen LogP contribution in [0, 0.1) is 11.6 Å². The highest BCUT2D eigenvalue weighted by Crippen LogP contribution is 2.17. The highest BCUT2D eigenvalue weighted by molar-refractivity contribution is 14.0. The van der Waals surface area contributed by atoms with Crippen LogP contribution in [0.15, 0.2) is 23.2 Å². The van der Waals surface area contributed by atoms with Crippen molar-refractivity contribution in [2.45, 2.75) is 25.9 Å². The molecule has 1 aliphatic rings. The number of likely N-dealkylation sites (N-methyl/N-ethyl adjacent to an activating group) is 2. The molecule has 2 unspecified atom stereocenters. The van der Waals surface area contributed by atoms with Gasteiger partial charge in [-0.05, 0) is 34.0 Å². The molecular weight excluding hydrogens is 451 g/mol. The van der Waals surface area contributed by atoms with E-state index in [1.165, 1.54) is 12.1 Å². The first-order chi connectivity index (χ1) is 11.9. The zero-order chi connectivity index (χ0) is 18.4. The second-order valence-electron chi connectivity index (χ2n) is 6.65. The maximum atomic E-state index is 14.0. The van der Waals surface area contributed by atoms with Crippen LogP contribution in [0.3, 0.4) is 0 Å². The van der Waals surface area contributed by atoms with Crippen molar-refractivity contribution < 1.29 is 8.78 Å². The van der Waals surface area contributed by atoms with E-state index in [0.29, 0.717) is 30.7 Å². The Morgan fingerprint density at radius 3 is 2.69 bits per heavy atom. The minimum absolute atomic E-state index is 0. The van der Waals surface area contributed by atoms with Crippen LogP contribution >= 0.6 is 24.0 Å². The number of nitrogens with one attached hydrogen (secondary N) is 2. The van der Waals surface area contributed by atoms with Crippen molar-refractivity contribution >= 4 is 29.9 Å². The molecule has 1 heterocycles. The Hall–Kier alpha value is -1.00. The molecule has 148 valence electrons. The number of hydrogen-bond acceptors (Lipinski definition) is 3. The molecule has 5 nitrogen and oxygen atoms in total. The summed E-state index contributed by atoms with van der Waals surface area (Å²) in [6.45, 7) is 8.26. The van der Waals surface area contributed by atoms with E-state index in [1.807, 2.05) is 13.8 Å². The van der Waals surface area contributed by atoms with Crippen LogP contribution in [-0.2, 0) is 0 Å². The smallest absolute Gasteiger partial charge is 0.191 e. The summed E-state index contributed by atoms with van der Waals surface area (Å²) in [6.07, 6.45) is 0. The van der Waals surface area contributed by atoms with Gasteiger partial charge in [0.05, 0.1) is 12.6 Å². The Morgan fingerprint density at radius 1 is 1.31 bits per heavy atom. The fraction of sp³-hybridized carbons (Fsp3) is 0.611. The van der Waals surface area contributed by atoms with Crippen molar-refractivity contribution in [3.05, 3.63) is 35.4 Å². The lowest BCUT2D eigenvalue weighted by Gasteiger charge is -2.37. The van der Waals surface area contributed by atoms with Gasteiger partial charge in [0.2, 0.25) is 0 Å². The average molecular weight is 481 g/mol. The van der Waals surface area contributed by atoms with E-state index in [-0.39, 0.29) is 30.0 Å². The Morgan fingerprint density at radius 2 is 2.04 bits per heavy atom. The summed E-state index contributed by atoms with van der Waals surface area (Å²) in [6, 6.07) is 3.69. The molecule has 2 rings (SSSR count). The van der Waals surface area contributed by atoms with Crippen molar-refractivity contribution in [2.75, 3.05) is 46.8 Å². The van der Waals surface area contributed by atoms with Crippen LogP contribution in [0.5, 0.6) is 0 Å². The predicted octanol–water partition coefficient (Wildman–Crippen LogP) is 2.44. The molecule has 1 aromatic rings. The van der Waals surface area contributed by atoms with Gasteiger partial charge < -0.3 is 15.5 Å². The van der Waals surface area contributed by atoms with Crippen LogP contribution in [0.1, 0.15) is 25.5 Å². The lowest BCUT2D eigenvalue weighted by Crippen LogP contribution is -2.51. The lowest BCUT2D eigenvalue weighted by atomic mass is 10.1. The zero-order valence-electron chi connectivity index (χ0n) is 15.9. The molecule has 0 aliphatic carbocycles. The number of guanidine groups is 1. The van der Waals surface area contributed by atoms with Gasteiger partial charge in [-0.25, -0.2) is 8.78 Å². The molecule has 1 saturated heterocycles. The number of rotatable bonds is 5. The number of piperazine rings is 1. The average Bonchev–Trinajstić information content (AvgIpc) is 2.55. The van der Waals surface area contributed by atoms with Crippen molar-refractivity contribution in [1.82, 2.24) is 20.4 Å². The molecule has 0 amide bonds. The van der Waals surface area contributed by atoms with Gasteiger partial charge in [0.15, 0.2) is 5.96 Å². The summed E-state index contributed by atoms with van der Waals surface area (Å²) in [4.78, 5) is 9.28. The van der Waals surface area contributed by atoms with E-state index in [2.05, 4.69) is 39.5 Å². The Kier molecular flexibility index (Phi) is 9.73. The van der Waals surface area contributed by atoms with Crippen molar-refractivity contribution in [3.8, 4) is 0 Å². The zero-order valence-corrected chi connectivity index (χ0v) is 18.3. The molecule has 1 aromatic carbocycles. The standard InChI is InChI=1S/C18H29F2N5.HI/c1-5-21-18(22-11-15-12-24(3)8-9-25(15)4)23-13(2)16-7-6-14(19)10-17(16)20;/h6-7,10,13,15H,5,8-9,11-12H2,1-4H3,(H2,21,22,23);1H. The first-order valence-electron chi connectivity index (χ1n) is 8.79. The highest BCUT2D eigenvalue weighted by atomic mass is 127. The minimum Gasteiger partial charge on any atom is -0.357 e. The molecule has 8 heteroatoms. The predicted molar refractivity (Wildman–Crippen MR) is 113 cm³/mol. The van der Waals surface area contributed by atoms with Gasteiger partial charge >= 0.3 is 0 Å². The van der Waals surface area contributed by atoms with Gasteiger partial charge in [-0.2, -0.15) is 0 Å². The largest absolute Gasteiger partial charge is 0.357 e. The number of aliphatic imine (C=N–C) groups is 1. The molecule has 0 radical (unpaired) electrons. The molecule has 26 heavy (non-hydrogen) atoms.